The first-order chi connectivity index (χ1) is 22.8. The van der Waals surface area contributed by atoms with Crippen molar-refractivity contribution >= 4 is 57.4 Å². The minimum absolute atomic E-state index is 0. The molecule has 5 aromatic rings. The lowest BCUT2D eigenvalue weighted by Crippen LogP contribution is -2.24. The molecule has 0 radical (unpaired) electrons. The largest absolute Gasteiger partial charge is 0.323 e. The van der Waals surface area contributed by atoms with Gasteiger partial charge >= 0.3 is 0 Å². The summed E-state index contributed by atoms with van der Waals surface area (Å²) in [5.74, 6) is -0.277. The van der Waals surface area contributed by atoms with E-state index in [4.69, 9.17) is 50.6 Å². The summed E-state index contributed by atoms with van der Waals surface area (Å²) in [6.45, 7) is 3.35. The molecule has 2 aromatic carbocycles. The first-order valence-corrected chi connectivity index (χ1v) is 13.9. The van der Waals surface area contributed by atoms with Crippen LogP contribution < -0.4 is 16.2 Å². The number of aromatic nitrogens is 4. The number of anilines is 2. The van der Waals surface area contributed by atoms with Crippen LogP contribution in [0.2, 0.25) is 0 Å². The first kappa shape index (κ1) is 42.9. The molecule has 0 saturated heterocycles. The molecule has 2 atom stereocenters. The number of nitrogens with zero attached hydrogens (tertiary/aromatic N) is 4. The molecule has 3 aromatic heterocycles. The van der Waals surface area contributed by atoms with Crippen LogP contribution in [-0.2, 0) is 4.79 Å². The minimum atomic E-state index is -0.699. The van der Waals surface area contributed by atoms with Gasteiger partial charge in [-0.1, -0.05) is 36.4 Å². The smallest absolute Gasteiger partial charge is 0.284 e. The molecular weight excluding hydrogens is 696 g/mol. The molecule has 48 heavy (non-hydrogen) atoms. The lowest BCUT2D eigenvalue weighted by Gasteiger charge is -2.14. The van der Waals surface area contributed by atoms with Crippen molar-refractivity contribution in [2.45, 2.75) is 24.6 Å². The van der Waals surface area contributed by atoms with Crippen molar-refractivity contribution in [2.75, 3.05) is 10.6 Å². The van der Waals surface area contributed by atoms with E-state index in [1.807, 2.05) is 48.5 Å². The molecule has 5 rings (SSSR count). The van der Waals surface area contributed by atoms with Crippen LogP contribution in [0.4, 0.5) is 43.5 Å². The molecule has 0 fully saturated rings. The molecule has 9 nitrogen and oxygen atoms in total. The lowest BCUT2D eigenvalue weighted by atomic mass is 10.2. The highest BCUT2D eigenvalue weighted by molar-refractivity contribution is 6.32. The van der Waals surface area contributed by atoms with Crippen LogP contribution in [0.15, 0.2) is 102 Å². The summed E-state index contributed by atoms with van der Waals surface area (Å²) in [5, 5.41) is 4.22. The van der Waals surface area contributed by atoms with Crippen molar-refractivity contribution in [1.82, 2.24) is 19.5 Å². The average Bonchev–Trinajstić information content (AvgIpc) is 3.12. The van der Waals surface area contributed by atoms with Gasteiger partial charge in [0.15, 0.2) is 11.2 Å². The minimum Gasteiger partial charge on any atom is -0.323 e. The number of halogens is 9. The summed E-state index contributed by atoms with van der Waals surface area (Å²) in [6.07, 6.45) is 3.07. The van der Waals surface area contributed by atoms with Gasteiger partial charge in [-0.25, -0.2) is 15.0 Å². The van der Waals surface area contributed by atoms with Crippen LogP contribution in [0.1, 0.15) is 35.5 Å². The topological polar surface area (TPSA) is 119 Å². The number of hydrogen-bond donors (Lipinski definition) is 2. The predicted molar refractivity (Wildman–Crippen MR) is 171 cm³/mol. The van der Waals surface area contributed by atoms with Gasteiger partial charge in [0.1, 0.15) is 11.2 Å². The number of para-hydroxylation sites is 2. The quantitative estimate of drug-likeness (QED) is 0.134. The fourth-order valence-electron chi connectivity index (χ4n) is 3.76. The van der Waals surface area contributed by atoms with Crippen molar-refractivity contribution in [3.05, 3.63) is 119 Å². The maximum atomic E-state index is 12.7. The molecule has 2 N–H and O–H groups in total. The van der Waals surface area contributed by atoms with Gasteiger partial charge in [0, 0.05) is 45.5 Å². The lowest BCUT2D eigenvalue weighted by molar-refractivity contribution is -0.115. The van der Waals surface area contributed by atoms with Gasteiger partial charge < -0.3 is 10.6 Å². The van der Waals surface area contributed by atoms with E-state index < -0.39 is 17.2 Å². The number of carbonyl (C=O) groups excluding carboxylic acids is 2. The summed E-state index contributed by atoms with van der Waals surface area (Å²) < 4.78 is 49.5. The molecule has 18 heteroatoms. The second kappa shape index (κ2) is 23.3. The van der Waals surface area contributed by atoms with Crippen LogP contribution in [0.3, 0.4) is 0 Å². The molecule has 2 amide bonds. The van der Waals surface area contributed by atoms with Crippen LogP contribution >= 0.6 is 23.2 Å². The van der Waals surface area contributed by atoms with Crippen LogP contribution in [0, 0.1) is 0 Å². The van der Waals surface area contributed by atoms with Gasteiger partial charge in [-0.2, -0.15) is 0 Å². The maximum absolute atomic E-state index is 12.7. The summed E-state index contributed by atoms with van der Waals surface area (Å²) in [7, 11) is 0. The number of alkyl halides is 2. The van der Waals surface area contributed by atoms with E-state index in [1.165, 1.54) is 10.8 Å². The standard InChI is InChI=1S/C15H14ClN3O2.C15H12ClN3O.3F2.FH/c1-10(16)14(20)19-12-8-5-9-17-13(12)15(21)18-11-6-3-2-4-7-11;1-10(16)14-18-12-8-5-9-17-13(12)15(20)19(14)11-6-3-2-4-7-11;3*1-2;/h2-10H,1H3,(H,18,21)(H,19,20);2-10H,1H3;;;;1H. The van der Waals surface area contributed by atoms with E-state index in [-0.39, 0.29) is 21.3 Å². The van der Waals surface area contributed by atoms with Crippen molar-refractivity contribution in [1.29, 1.82) is 0 Å². The Morgan fingerprint density at radius 1 is 0.750 bits per heavy atom. The molecule has 258 valence electrons. The van der Waals surface area contributed by atoms with Crippen molar-refractivity contribution in [2.24, 2.45) is 0 Å². The number of fused-ring (bicyclic) bond motifs is 1. The predicted octanol–water partition coefficient (Wildman–Crippen LogP) is 8.65. The Kier molecular flexibility index (Phi) is 20.8. The second-order valence-electron chi connectivity index (χ2n) is 8.76. The monoisotopic (exact) mass is 722 g/mol. The Morgan fingerprint density at radius 3 is 1.85 bits per heavy atom. The maximum Gasteiger partial charge on any atom is 0.284 e. The van der Waals surface area contributed by atoms with Gasteiger partial charge in [0.05, 0.1) is 22.3 Å². The molecule has 0 bridgehead atoms. The summed E-state index contributed by atoms with van der Waals surface area (Å²) >= 11 is 11.9. The third kappa shape index (κ3) is 12.3. The number of pyridine rings is 2. The highest BCUT2D eigenvalue weighted by atomic mass is 35.5. The Hall–Kier alpha value is -5.09. The summed E-state index contributed by atoms with van der Waals surface area (Å²) in [5.41, 5.74) is 2.54. The Labute approximate surface area is 278 Å². The van der Waals surface area contributed by atoms with Gasteiger partial charge in [-0.05, 0) is 62.4 Å². The van der Waals surface area contributed by atoms with E-state index in [9.17, 15) is 14.4 Å². The highest BCUT2D eigenvalue weighted by Gasteiger charge is 2.18. The Morgan fingerprint density at radius 2 is 1.29 bits per heavy atom. The van der Waals surface area contributed by atoms with Gasteiger partial charge in [0.25, 0.3) is 11.5 Å². The van der Waals surface area contributed by atoms with Gasteiger partial charge in [0.2, 0.25) is 5.91 Å². The van der Waals surface area contributed by atoms with Crippen molar-refractivity contribution in [3.8, 4) is 5.69 Å². The van der Waals surface area contributed by atoms with E-state index >= 15 is 0 Å². The molecule has 0 aliphatic carbocycles. The average molecular weight is 723 g/mol. The fraction of sp³-hybridized carbons (Fsp3) is 0.133. The van der Waals surface area contributed by atoms with E-state index in [1.54, 1.807) is 56.4 Å². The third-order valence-corrected chi connectivity index (χ3v) is 6.09. The molecule has 0 spiro atoms. The molecule has 2 unspecified atom stereocenters. The van der Waals surface area contributed by atoms with E-state index in [0.717, 1.165) is 5.69 Å². The second-order valence-corrected chi connectivity index (χ2v) is 10.1. The number of nitrogens with one attached hydrogen (secondary N) is 2. The Balaban J connectivity index is 0.000000783. The normalized spacial score (nSPS) is 10.6. The van der Waals surface area contributed by atoms with E-state index in [2.05, 4.69) is 25.6 Å². The zero-order valence-corrected chi connectivity index (χ0v) is 26.3. The highest BCUT2D eigenvalue weighted by Crippen LogP contribution is 2.21. The number of amides is 2. The SMILES string of the molecule is CC(Cl)C(=O)Nc1cccnc1C(=O)Nc1ccccc1.CC(Cl)c1nc2cccnc2c(=O)n1-c1ccccc1.F.FF.FF.FF. The fourth-order valence-corrected chi connectivity index (χ4v) is 3.96. The Bertz CT molecular complexity index is 1740. The number of rotatable bonds is 6. The molecule has 0 aliphatic rings. The van der Waals surface area contributed by atoms with Crippen molar-refractivity contribution < 1.29 is 41.7 Å². The van der Waals surface area contributed by atoms with Crippen molar-refractivity contribution in [3.63, 3.8) is 0 Å². The van der Waals surface area contributed by atoms with Crippen LogP contribution in [-0.4, -0.2) is 36.7 Å². The number of benzene rings is 2. The zero-order valence-electron chi connectivity index (χ0n) is 24.8. The third-order valence-electron chi connectivity index (χ3n) is 5.70. The molecule has 3 heterocycles. The number of carbonyl (C=O) groups is 2. The van der Waals surface area contributed by atoms with Crippen LogP contribution in [0.5, 0.6) is 0 Å². The van der Waals surface area contributed by atoms with Gasteiger partial charge in [-0.15, -0.1) is 23.2 Å². The van der Waals surface area contributed by atoms with Crippen LogP contribution in [0.25, 0.3) is 16.7 Å². The first-order valence-electron chi connectivity index (χ1n) is 13.0. The summed E-state index contributed by atoms with van der Waals surface area (Å²) in [4.78, 5) is 49.2. The zero-order chi connectivity index (χ0) is 35.4. The molecule has 0 saturated carbocycles. The molecular formula is C30H27Cl2F7N6O3. The summed E-state index contributed by atoms with van der Waals surface area (Å²) in [6, 6.07) is 25.1. The molecule has 0 aliphatic heterocycles. The number of hydrogen-bond acceptors (Lipinski definition) is 6. The van der Waals surface area contributed by atoms with Gasteiger partial charge in [-0.3, -0.25) is 23.7 Å². The van der Waals surface area contributed by atoms with E-state index in [0.29, 0.717) is 28.2 Å².